The first-order valence-corrected chi connectivity index (χ1v) is 6.26. The van der Waals surface area contributed by atoms with Gasteiger partial charge in [0.25, 0.3) is 0 Å². The molecule has 0 aliphatic carbocycles. The summed E-state index contributed by atoms with van der Waals surface area (Å²) >= 11 is 1.52. The number of carbonyl (C=O) groups is 1. The third kappa shape index (κ3) is 3.80. The van der Waals surface area contributed by atoms with Crippen LogP contribution in [-0.4, -0.2) is 37.0 Å². The number of aromatic nitrogens is 4. The number of hydrogen-bond acceptors (Lipinski definition) is 5. The number of rotatable bonds is 7. The van der Waals surface area contributed by atoms with E-state index in [0.29, 0.717) is 11.1 Å². The summed E-state index contributed by atoms with van der Waals surface area (Å²) in [6.07, 6.45) is 2.23. The summed E-state index contributed by atoms with van der Waals surface area (Å²) in [4.78, 5) is 10.5. The van der Waals surface area contributed by atoms with Crippen molar-refractivity contribution in [1.29, 1.82) is 0 Å². The van der Waals surface area contributed by atoms with E-state index in [1.165, 1.54) is 16.4 Å². The number of aliphatic carboxylic acids is 1. The molecule has 90 valence electrons. The van der Waals surface area contributed by atoms with Crippen molar-refractivity contribution in [2.75, 3.05) is 5.75 Å². The molecule has 0 unspecified atom stereocenters. The fourth-order valence-corrected chi connectivity index (χ4v) is 2.44. The minimum Gasteiger partial charge on any atom is -0.480 e. The van der Waals surface area contributed by atoms with Crippen LogP contribution in [0.4, 0.5) is 0 Å². The van der Waals surface area contributed by atoms with Gasteiger partial charge in [0.05, 0.1) is 0 Å². The molecule has 16 heavy (non-hydrogen) atoms. The summed E-state index contributed by atoms with van der Waals surface area (Å²) in [7, 11) is 0. The third-order valence-electron chi connectivity index (χ3n) is 2.39. The van der Waals surface area contributed by atoms with Gasteiger partial charge in [-0.25, -0.2) is 4.68 Å². The largest absolute Gasteiger partial charge is 0.480 e. The molecule has 0 spiro atoms. The van der Waals surface area contributed by atoms with Gasteiger partial charge in [-0.3, -0.25) is 4.79 Å². The minimum absolute atomic E-state index is 0.182. The zero-order chi connectivity index (χ0) is 12.0. The molecule has 7 heteroatoms. The molecule has 1 heterocycles. The molecular weight excluding hydrogens is 228 g/mol. The molecule has 1 aromatic heterocycles. The van der Waals surface area contributed by atoms with E-state index >= 15 is 0 Å². The van der Waals surface area contributed by atoms with E-state index in [9.17, 15) is 4.79 Å². The Morgan fingerprint density at radius 3 is 2.75 bits per heavy atom. The lowest BCUT2D eigenvalue weighted by Gasteiger charge is -2.10. The highest BCUT2D eigenvalue weighted by molar-refractivity contribution is 7.99. The first-order valence-electron chi connectivity index (χ1n) is 5.28. The first-order chi connectivity index (χ1) is 7.67. The van der Waals surface area contributed by atoms with Crippen LogP contribution in [0, 0.1) is 5.92 Å². The average Bonchev–Trinajstić information content (AvgIpc) is 2.66. The predicted molar refractivity (Wildman–Crippen MR) is 60.2 cm³/mol. The van der Waals surface area contributed by atoms with Crippen LogP contribution in [0.25, 0.3) is 0 Å². The van der Waals surface area contributed by atoms with Crippen LogP contribution >= 0.6 is 11.8 Å². The molecule has 0 amide bonds. The lowest BCUT2D eigenvalue weighted by atomic mass is 10.1. The second-order valence-electron chi connectivity index (χ2n) is 3.51. The molecule has 0 radical (unpaired) electrons. The molecular formula is C9H16N4O2S. The van der Waals surface area contributed by atoms with E-state index in [-0.39, 0.29) is 6.54 Å². The molecule has 6 nitrogen and oxygen atoms in total. The van der Waals surface area contributed by atoms with Crippen LogP contribution in [0.5, 0.6) is 0 Å². The number of tetrazole rings is 1. The highest BCUT2D eigenvalue weighted by Gasteiger charge is 2.12. The molecule has 0 saturated carbocycles. The molecule has 1 N–H and O–H groups in total. The lowest BCUT2D eigenvalue weighted by Crippen LogP contribution is -2.12. The van der Waals surface area contributed by atoms with Crippen LogP contribution in [0.1, 0.15) is 26.7 Å². The molecule has 0 fully saturated rings. The standard InChI is InChI=1S/C9H16N4O2S/c1-3-7(4-2)6-16-9-10-11-12-13(9)5-8(14)15/h7H,3-6H2,1-2H3,(H,14,15). The SMILES string of the molecule is CCC(CC)CSc1nnnn1CC(=O)O. The smallest absolute Gasteiger partial charge is 0.325 e. The summed E-state index contributed by atoms with van der Waals surface area (Å²) < 4.78 is 1.31. The molecule has 0 saturated heterocycles. The summed E-state index contributed by atoms with van der Waals surface area (Å²) in [6.45, 7) is 4.11. The number of thioether (sulfide) groups is 1. The second-order valence-corrected chi connectivity index (χ2v) is 4.49. The van der Waals surface area contributed by atoms with E-state index in [4.69, 9.17) is 5.11 Å². The normalized spacial score (nSPS) is 10.9. The van der Waals surface area contributed by atoms with E-state index in [1.54, 1.807) is 0 Å². The maximum Gasteiger partial charge on any atom is 0.325 e. The molecule has 0 aliphatic heterocycles. The van der Waals surface area contributed by atoms with E-state index in [0.717, 1.165) is 18.6 Å². The van der Waals surface area contributed by atoms with Crippen LogP contribution in [0.15, 0.2) is 5.16 Å². The van der Waals surface area contributed by atoms with Crippen molar-refractivity contribution >= 4 is 17.7 Å². The number of carboxylic acid groups (broad SMARTS) is 1. The van der Waals surface area contributed by atoms with Gasteiger partial charge in [-0.2, -0.15) is 0 Å². The maximum absolute atomic E-state index is 10.5. The Hall–Kier alpha value is -1.11. The van der Waals surface area contributed by atoms with Crippen molar-refractivity contribution in [2.24, 2.45) is 5.92 Å². The van der Waals surface area contributed by atoms with Gasteiger partial charge in [-0.1, -0.05) is 38.5 Å². The van der Waals surface area contributed by atoms with Crippen LogP contribution in [-0.2, 0) is 11.3 Å². The van der Waals surface area contributed by atoms with E-state index in [1.807, 2.05) is 0 Å². The molecule has 0 aliphatic rings. The quantitative estimate of drug-likeness (QED) is 0.728. The van der Waals surface area contributed by atoms with E-state index < -0.39 is 5.97 Å². The third-order valence-corrected chi connectivity index (χ3v) is 3.58. The Bertz CT molecular complexity index is 338. The van der Waals surface area contributed by atoms with Gasteiger partial charge in [0.2, 0.25) is 5.16 Å². The monoisotopic (exact) mass is 244 g/mol. The topological polar surface area (TPSA) is 80.9 Å². The van der Waals surface area contributed by atoms with Gasteiger partial charge in [0.1, 0.15) is 6.54 Å². The van der Waals surface area contributed by atoms with Crippen molar-refractivity contribution in [3.63, 3.8) is 0 Å². The van der Waals surface area contributed by atoms with Crippen molar-refractivity contribution in [3.8, 4) is 0 Å². The van der Waals surface area contributed by atoms with Crippen molar-refractivity contribution in [1.82, 2.24) is 20.2 Å². The minimum atomic E-state index is -0.934. The van der Waals surface area contributed by atoms with Gasteiger partial charge < -0.3 is 5.11 Å². The molecule has 0 aromatic carbocycles. The number of hydrogen-bond donors (Lipinski definition) is 1. The number of carboxylic acids is 1. The van der Waals surface area contributed by atoms with Crippen LogP contribution < -0.4 is 0 Å². The average molecular weight is 244 g/mol. The van der Waals surface area contributed by atoms with E-state index in [2.05, 4.69) is 29.4 Å². The molecule has 0 bridgehead atoms. The Balaban J connectivity index is 2.53. The summed E-state index contributed by atoms with van der Waals surface area (Å²) in [5.41, 5.74) is 0. The van der Waals surface area contributed by atoms with Gasteiger partial charge in [-0.15, -0.1) is 5.10 Å². The maximum atomic E-state index is 10.5. The first kappa shape index (κ1) is 13.0. The van der Waals surface area contributed by atoms with Gasteiger partial charge in [-0.05, 0) is 16.3 Å². The molecule has 0 atom stereocenters. The Morgan fingerprint density at radius 1 is 1.50 bits per heavy atom. The summed E-state index contributed by atoms with van der Waals surface area (Å²) in [5.74, 6) is 0.615. The van der Waals surface area contributed by atoms with Crippen LogP contribution in [0.3, 0.4) is 0 Å². The second kappa shape index (κ2) is 6.47. The zero-order valence-corrected chi connectivity index (χ0v) is 10.3. The fraction of sp³-hybridized carbons (Fsp3) is 0.778. The Morgan fingerprint density at radius 2 is 2.19 bits per heavy atom. The number of nitrogens with zero attached hydrogens (tertiary/aromatic N) is 4. The summed E-state index contributed by atoms with van der Waals surface area (Å²) in [5, 5.41) is 20.2. The van der Waals surface area contributed by atoms with Gasteiger partial charge in [0.15, 0.2) is 0 Å². The zero-order valence-electron chi connectivity index (χ0n) is 9.46. The summed E-state index contributed by atoms with van der Waals surface area (Å²) in [6, 6.07) is 0. The Kier molecular flexibility index (Phi) is 5.24. The van der Waals surface area contributed by atoms with Gasteiger partial charge in [0, 0.05) is 5.75 Å². The predicted octanol–water partition coefficient (Wildman–Crippen LogP) is 1.29. The van der Waals surface area contributed by atoms with Gasteiger partial charge >= 0.3 is 5.97 Å². The van der Waals surface area contributed by atoms with Crippen molar-refractivity contribution in [2.45, 2.75) is 38.4 Å². The molecule has 1 aromatic rings. The Labute approximate surface area is 98.4 Å². The fourth-order valence-electron chi connectivity index (χ4n) is 1.24. The van der Waals surface area contributed by atoms with Crippen molar-refractivity contribution in [3.05, 3.63) is 0 Å². The van der Waals surface area contributed by atoms with Crippen LogP contribution in [0.2, 0.25) is 0 Å². The highest BCUT2D eigenvalue weighted by atomic mass is 32.2. The molecule has 1 rings (SSSR count). The highest BCUT2D eigenvalue weighted by Crippen LogP contribution is 2.21. The lowest BCUT2D eigenvalue weighted by molar-refractivity contribution is -0.138. The van der Waals surface area contributed by atoms with Crippen molar-refractivity contribution < 1.29 is 9.90 Å².